The molecule has 0 aliphatic rings. The minimum Gasteiger partial charge on any atom is -0.356 e. The molecular weight excluding hydrogens is 205 g/mol. The first kappa shape index (κ1) is 10.6. The number of aromatic nitrogens is 1. The van der Waals surface area contributed by atoms with Crippen LogP contribution >= 0.6 is 0 Å². The Bertz CT molecular complexity index is 490. The van der Waals surface area contributed by atoms with Crippen LogP contribution in [0.5, 0.6) is 0 Å². The molecule has 2 aromatic rings. The summed E-state index contributed by atoms with van der Waals surface area (Å²) < 4.78 is 18.5. The molecule has 82 valence electrons. The largest absolute Gasteiger partial charge is 0.356 e. The maximum absolute atomic E-state index is 13.4. The van der Waals surface area contributed by atoms with Gasteiger partial charge in [-0.25, -0.2) is 4.39 Å². The average Bonchev–Trinajstić information content (AvgIpc) is 2.75. The Balaban J connectivity index is 2.25. The van der Waals surface area contributed by atoms with E-state index in [1.807, 2.05) is 6.08 Å². The molecule has 0 spiro atoms. The summed E-state index contributed by atoms with van der Waals surface area (Å²) in [7, 11) is 0. The highest BCUT2D eigenvalue weighted by atomic mass is 19.1. The van der Waals surface area contributed by atoms with Gasteiger partial charge in [-0.05, 0) is 25.0 Å². The first-order valence-corrected chi connectivity index (χ1v) is 5.12. The monoisotopic (exact) mass is 217 g/mol. The van der Waals surface area contributed by atoms with Crippen LogP contribution in [0.15, 0.2) is 47.5 Å². The Hall–Kier alpha value is -1.90. The van der Waals surface area contributed by atoms with Gasteiger partial charge in [0, 0.05) is 6.07 Å². The maximum Gasteiger partial charge on any atom is 0.170 e. The summed E-state index contributed by atoms with van der Waals surface area (Å²) in [6.07, 6.45) is 3.42. The van der Waals surface area contributed by atoms with Crippen LogP contribution in [0.1, 0.15) is 12.1 Å². The highest BCUT2D eigenvalue weighted by Gasteiger charge is 2.09. The standard InChI is InChI=1S/C13H12FNO/c1-2-3-6-10-9-13(16-15-10)11-7-4-5-8-12(11)14/h2,4-5,7-9H,1,3,6H2. The van der Waals surface area contributed by atoms with Crippen molar-refractivity contribution in [2.75, 3.05) is 0 Å². The van der Waals surface area contributed by atoms with E-state index < -0.39 is 0 Å². The predicted molar refractivity (Wildman–Crippen MR) is 60.4 cm³/mol. The van der Waals surface area contributed by atoms with E-state index in [1.54, 1.807) is 24.3 Å². The summed E-state index contributed by atoms with van der Waals surface area (Å²) in [5.74, 6) is 0.172. The predicted octanol–water partition coefficient (Wildman–Crippen LogP) is 3.60. The van der Waals surface area contributed by atoms with Crippen molar-refractivity contribution >= 4 is 0 Å². The molecule has 1 aromatic carbocycles. The molecule has 0 atom stereocenters. The zero-order chi connectivity index (χ0) is 11.4. The molecule has 0 unspecified atom stereocenters. The van der Waals surface area contributed by atoms with Crippen LogP contribution in [-0.4, -0.2) is 5.16 Å². The number of benzene rings is 1. The molecule has 3 heteroatoms. The van der Waals surface area contributed by atoms with Gasteiger partial charge in [0.05, 0.1) is 11.3 Å². The van der Waals surface area contributed by atoms with Crippen LogP contribution in [0.25, 0.3) is 11.3 Å². The number of rotatable bonds is 4. The van der Waals surface area contributed by atoms with Crippen molar-refractivity contribution in [2.24, 2.45) is 0 Å². The number of aryl methyl sites for hydroxylation is 1. The maximum atomic E-state index is 13.4. The molecule has 1 aromatic heterocycles. The molecular formula is C13H12FNO. The second kappa shape index (κ2) is 4.75. The van der Waals surface area contributed by atoms with Crippen LogP contribution in [0, 0.1) is 5.82 Å². The Labute approximate surface area is 93.4 Å². The quantitative estimate of drug-likeness (QED) is 0.731. The fourth-order valence-corrected chi connectivity index (χ4v) is 1.47. The van der Waals surface area contributed by atoms with Gasteiger partial charge in [0.1, 0.15) is 5.82 Å². The third kappa shape index (κ3) is 2.19. The van der Waals surface area contributed by atoms with Gasteiger partial charge < -0.3 is 4.52 Å². The lowest BCUT2D eigenvalue weighted by molar-refractivity contribution is 0.421. The third-order valence-electron chi connectivity index (χ3n) is 2.30. The van der Waals surface area contributed by atoms with Crippen LogP contribution in [0.3, 0.4) is 0 Å². The molecule has 0 N–H and O–H groups in total. The van der Waals surface area contributed by atoms with Gasteiger partial charge in [0.2, 0.25) is 0 Å². The van der Waals surface area contributed by atoms with E-state index in [-0.39, 0.29) is 5.82 Å². The molecule has 0 radical (unpaired) electrons. The minimum atomic E-state index is -0.297. The zero-order valence-electron chi connectivity index (χ0n) is 8.82. The SMILES string of the molecule is C=CCCc1cc(-c2ccccc2F)on1. The first-order chi connectivity index (χ1) is 7.81. The van der Waals surface area contributed by atoms with E-state index in [9.17, 15) is 4.39 Å². The highest BCUT2D eigenvalue weighted by molar-refractivity contribution is 5.57. The van der Waals surface area contributed by atoms with Crippen LogP contribution < -0.4 is 0 Å². The summed E-state index contributed by atoms with van der Waals surface area (Å²) in [6.45, 7) is 3.64. The molecule has 16 heavy (non-hydrogen) atoms. The van der Waals surface area contributed by atoms with Gasteiger partial charge in [0.15, 0.2) is 5.76 Å². The summed E-state index contributed by atoms with van der Waals surface area (Å²) in [5, 5.41) is 3.88. The molecule has 0 aliphatic carbocycles. The Morgan fingerprint density at radius 1 is 1.38 bits per heavy atom. The molecule has 0 saturated carbocycles. The number of hydrogen-bond donors (Lipinski definition) is 0. The molecule has 0 amide bonds. The minimum absolute atomic E-state index is 0.297. The molecule has 2 nitrogen and oxygen atoms in total. The number of halogens is 1. The lowest BCUT2D eigenvalue weighted by Gasteiger charge is -1.95. The lowest BCUT2D eigenvalue weighted by Crippen LogP contribution is -1.81. The Kier molecular flexibility index (Phi) is 3.15. The second-order valence-electron chi connectivity index (χ2n) is 3.49. The van der Waals surface area contributed by atoms with E-state index >= 15 is 0 Å². The van der Waals surface area contributed by atoms with Crippen molar-refractivity contribution in [3.63, 3.8) is 0 Å². The lowest BCUT2D eigenvalue weighted by atomic mass is 10.1. The summed E-state index contributed by atoms with van der Waals surface area (Å²) in [4.78, 5) is 0. The van der Waals surface area contributed by atoms with E-state index in [1.165, 1.54) is 6.07 Å². The van der Waals surface area contributed by atoms with Crippen LogP contribution in [0.2, 0.25) is 0 Å². The number of nitrogens with zero attached hydrogens (tertiary/aromatic N) is 1. The van der Waals surface area contributed by atoms with E-state index in [0.717, 1.165) is 18.5 Å². The van der Waals surface area contributed by atoms with Crippen molar-refractivity contribution in [3.8, 4) is 11.3 Å². The third-order valence-corrected chi connectivity index (χ3v) is 2.30. The van der Waals surface area contributed by atoms with Crippen molar-refractivity contribution in [1.29, 1.82) is 0 Å². The van der Waals surface area contributed by atoms with Gasteiger partial charge in [-0.1, -0.05) is 23.4 Å². The molecule has 0 aliphatic heterocycles. The second-order valence-corrected chi connectivity index (χ2v) is 3.49. The Morgan fingerprint density at radius 3 is 2.94 bits per heavy atom. The summed E-state index contributed by atoms with van der Waals surface area (Å²) in [6, 6.07) is 8.26. The molecule has 0 saturated heterocycles. The Morgan fingerprint density at radius 2 is 2.19 bits per heavy atom. The van der Waals surface area contributed by atoms with Crippen LogP contribution in [-0.2, 0) is 6.42 Å². The number of allylic oxidation sites excluding steroid dienone is 1. The van der Waals surface area contributed by atoms with E-state index in [0.29, 0.717) is 11.3 Å². The van der Waals surface area contributed by atoms with Gasteiger partial charge in [-0.2, -0.15) is 0 Å². The fraction of sp³-hybridized carbons (Fsp3) is 0.154. The summed E-state index contributed by atoms with van der Waals surface area (Å²) >= 11 is 0. The van der Waals surface area contributed by atoms with Crippen molar-refractivity contribution in [3.05, 3.63) is 54.5 Å². The summed E-state index contributed by atoms with van der Waals surface area (Å²) in [5.41, 5.74) is 1.26. The number of hydrogen-bond acceptors (Lipinski definition) is 2. The van der Waals surface area contributed by atoms with Crippen molar-refractivity contribution in [1.82, 2.24) is 5.16 Å². The van der Waals surface area contributed by atoms with Crippen molar-refractivity contribution in [2.45, 2.75) is 12.8 Å². The first-order valence-electron chi connectivity index (χ1n) is 5.12. The van der Waals surface area contributed by atoms with E-state index in [2.05, 4.69) is 11.7 Å². The topological polar surface area (TPSA) is 26.0 Å². The van der Waals surface area contributed by atoms with Gasteiger partial charge in [-0.15, -0.1) is 6.58 Å². The molecule has 0 bridgehead atoms. The van der Waals surface area contributed by atoms with E-state index in [4.69, 9.17) is 4.52 Å². The van der Waals surface area contributed by atoms with Gasteiger partial charge >= 0.3 is 0 Å². The molecule has 0 fully saturated rings. The van der Waals surface area contributed by atoms with Gasteiger partial charge in [0.25, 0.3) is 0 Å². The molecule has 2 rings (SSSR count). The smallest absolute Gasteiger partial charge is 0.170 e. The fourth-order valence-electron chi connectivity index (χ4n) is 1.47. The zero-order valence-corrected chi connectivity index (χ0v) is 8.82. The van der Waals surface area contributed by atoms with Crippen LogP contribution in [0.4, 0.5) is 4.39 Å². The van der Waals surface area contributed by atoms with Crippen molar-refractivity contribution < 1.29 is 8.91 Å². The normalized spacial score (nSPS) is 10.3. The van der Waals surface area contributed by atoms with Gasteiger partial charge in [-0.3, -0.25) is 0 Å². The molecule has 1 heterocycles. The highest BCUT2D eigenvalue weighted by Crippen LogP contribution is 2.23. The average molecular weight is 217 g/mol.